The number of allylic oxidation sites excluding steroid dienone is 1. The first-order chi connectivity index (χ1) is 4.84. The second-order valence-electron chi connectivity index (χ2n) is 2.23. The summed E-state index contributed by atoms with van der Waals surface area (Å²) in [6.45, 7) is 1.91. The number of rotatable bonds is 0. The van der Waals surface area contributed by atoms with Gasteiger partial charge in [-0.2, -0.15) is 0 Å². The zero-order chi connectivity index (χ0) is 7.14. The van der Waals surface area contributed by atoms with Crippen LogP contribution in [0.15, 0.2) is 23.3 Å². The van der Waals surface area contributed by atoms with Crippen molar-refractivity contribution in [3.05, 3.63) is 23.3 Å². The molecule has 1 atom stereocenters. The fourth-order valence-corrected chi connectivity index (χ4v) is 2.20. The van der Waals surface area contributed by atoms with Gasteiger partial charge < -0.3 is 0 Å². The van der Waals surface area contributed by atoms with Crippen LogP contribution in [0.25, 0.3) is 0 Å². The molecule has 1 fully saturated rings. The number of amides is 1. The van der Waals surface area contributed by atoms with Crippen LogP contribution >= 0.6 is 11.8 Å². The topological polar surface area (TPSA) is 20.3 Å². The van der Waals surface area contributed by atoms with Crippen LogP contribution in [0.5, 0.6) is 0 Å². The molecule has 2 aliphatic heterocycles. The van der Waals surface area contributed by atoms with E-state index >= 15 is 0 Å². The van der Waals surface area contributed by atoms with Crippen LogP contribution in [0.3, 0.4) is 0 Å². The Kier molecular flexibility index (Phi) is 2.86. The third-order valence-corrected chi connectivity index (χ3v) is 2.76. The molecule has 0 aromatic rings. The van der Waals surface area contributed by atoms with E-state index in [1.807, 2.05) is 24.6 Å². The molecule has 2 rings (SSSR count). The second-order valence-corrected chi connectivity index (χ2v) is 3.22. The molecule has 0 N–H and O–H groups in total. The van der Waals surface area contributed by atoms with Gasteiger partial charge in [-0.05, 0) is 12.3 Å². The molecule has 0 bridgehead atoms. The van der Waals surface area contributed by atoms with E-state index < -0.39 is 0 Å². The van der Waals surface area contributed by atoms with Crippen molar-refractivity contribution in [2.75, 3.05) is 0 Å². The Morgan fingerprint density at radius 3 is 3.09 bits per heavy atom. The number of nitrogens with zero attached hydrogens (tertiary/aromatic N) is 1. The molecule has 54 valence electrons. The van der Waals surface area contributed by atoms with Crippen LogP contribution in [0.1, 0.15) is 6.92 Å². The van der Waals surface area contributed by atoms with E-state index in [1.54, 1.807) is 16.7 Å². The molecule has 2 nitrogen and oxygen atoms in total. The van der Waals surface area contributed by atoms with Gasteiger partial charge in [-0.1, -0.05) is 6.08 Å². The van der Waals surface area contributed by atoms with Gasteiger partial charge in [0, 0.05) is 11.8 Å². The van der Waals surface area contributed by atoms with Gasteiger partial charge in [0.05, 0.1) is 0 Å². The van der Waals surface area contributed by atoms with E-state index in [9.17, 15) is 4.79 Å². The van der Waals surface area contributed by atoms with E-state index in [2.05, 4.69) is 0 Å². The zero-order valence-corrected chi connectivity index (χ0v) is 6.39. The number of β-lactam (4-membered cyclic amide) rings is 1. The minimum absolute atomic E-state index is 0. The van der Waals surface area contributed by atoms with Gasteiger partial charge in [-0.3, -0.25) is 9.69 Å². The van der Waals surface area contributed by atoms with E-state index in [0.717, 1.165) is 5.57 Å². The van der Waals surface area contributed by atoms with Crippen LogP contribution < -0.4 is 0 Å². The first-order valence-corrected chi connectivity index (χ1v) is 4.10. The maximum absolute atomic E-state index is 11.1. The standard InChI is InChI=1S/C7H7NOS.Na.H/c1-2-5-6(9)8-3-4-10-7(5)8;;/h2-4,7H,1H3;;/b5-2-;;/t7-;;/m0../s1. The third-order valence-electron chi connectivity index (χ3n) is 1.74. The van der Waals surface area contributed by atoms with E-state index in [1.165, 1.54) is 0 Å². The average Bonchev–Trinajstić information content (AvgIpc) is 2.33. The van der Waals surface area contributed by atoms with Crippen LogP contribution in [-0.4, -0.2) is 45.7 Å². The Balaban J connectivity index is 0.000000605. The van der Waals surface area contributed by atoms with Gasteiger partial charge in [0.2, 0.25) is 0 Å². The molecule has 1 saturated heterocycles. The number of carbonyl (C=O) groups excluding carboxylic acids is 1. The maximum atomic E-state index is 11.1. The van der Waals surface area contributed by atoms with Gasteiger partial charge >= 0.3 is 29.6 Å². The molecule has 0 aromatic carbocycles. The average molecular weight is 177 g/mol. The Morgan fingerprint density at radius 2 is 2.45 bits per heavy atom. The summed E-state index contributed by atoms with van der Waals surface area (Å²) in [6.07, 6.45) is 3.73. The first-order valence-electron chi connectivity index (χ1n) is 3.15. The SMILES string of the molecule is C/C=C1/C(=O)N2C=CS[C@@H]12.[NaH]. The molecular formula is C7H8NNaOS. The fourth-order valence-electron chi connectivity index (χ4n) is 1.17. The summed E-state index contributed by atoms with van der Waals surface area (Å²) in [4.78, 5) is 12.8. The summed E-state index contributed by atoms with van der Waals surface area (Å²) in [5.41, 5.74) is 0.940. The number of hydrogen-bond acceptors (Lipinski definition) is 2. The fraction of sp³-hybridized carbons (Fsp3) is 0.286. The van der Waals surface area contributed by atoms with Crippen molar-refractivity contribution in [3.63, 3.8) is 0 Å². The quantitative estimate of drug-likeness (QED) is 0.308. The van der Waals surface area contributed by atoms with E-state index in [0.29, 0.717) is 5.37 Å². The number of fused-ring (bicyclic) bond motifs is 1. The molecule has 0 unspecified atom stereocenters. The van der Waals surface area contributed by atoms with Crippen molar-refractivity contribution < 1.29 is 4.79 Å². The number of carbonyl (C=O) groups is 1. The van der Waals surface area contributed by atoms with Gasteiger partial charge in [-0.15, -0.1) is 11.8 Å². The van der Waals surface area contributed by atoms with Crippen molar-refractivity contribution in [1.29, 1.82) is 0 Å². The van der Waals surface area contributed by atoms with Crippen molar-refractivity contribution in [2.24, 2.45) is 0 Å². The summed E-state index contributed by atoms with van der Waals surface area (Å²) < 4.78 is 0. The summed E-state index contributed by atoms with van der Waals surface area (Å²) in [6, 6.07) is 0. The van der Waals surface area contributed by atoms with Crippen molar-refractivity contribution in [3.8, 4) is 0 Å². The van der Waals surface area contributed by atoms with Crippen LogP contribution in [0.2, 0.25) is 0 Å². The molecule has 0 aromatic heterocycles. The Hall–Kier alpha value is 0.300. The Labute approximate surface area is 92.0 Å². The summed E-state index contributed by atoms with van der Waals surface area (Å²) in [5.74, 6) is 0.161. The molecule has 2 aliphatic rings. The van der Waals surface area contributed by atoms with Crippen molar-refractivity contribution in [2.45, 2.75) is 12.3 Å². The van der Waals surface area contributed by atoms with Gasteiger partial charge in [0.25, 0.3) is 5.91 Å². The zero-order valence-electron chi connectivity index (χ0n) is 5.57. The molecule has 4 heteroatoms. The normalized spacial score (nSPS) is 29.9. The molecule has 1 amide bonds. The van der Waals surface area contributed by atoms with E-state index in [-0.39, 0.29) is 35.5 Å². The summed E-state index contributed by atoms with van der Waals surface area (Å²) in [5, 5.41) is 2.26. The van der Waals surface area contributed by atoms with Gasteiger partial charge in [-0.25, -0.2) is 0 Å². The van der Waals surface area contributed by atoms with Crippen LogP contribution in [0, 0.1) is 0 Å². The minimum atomic E-state index is 0. The predicted octanol–water partition coefficient (Wildman–Crippen LogP) is 0.670. The monoisotopic (exact) mass is 177 g/mol. The second kappa shape index (κ2) is 3.35. The predicted molar refractivity (Wildman–Crippen MR) is 48.3 cm³/mol. The van der Waals surface area contributed by atoms with Gasteiger partial charge in [0.1, 0.15) is 5.37 Å². The van der Waals surface area contributed by atoms with Gasteiger partial charge in [0.15, 0.2) is 0 Å². The molecule has 11 heavy (non-hydrogen) atoms. The third kappa shape index (κ3) is 1.20. The molecule has 0 radical (unpaired) electrons. The number of thioether (sulfide) groups is 1. The van der Waals surface area contributed by atoms with E-state index in [4.69, 9.17) is 0 Å². The molecule has 0 aliphatic carbocycles. The molecular weight excluding hydrogens is 169 g/mol. The molecule has 0 saturated carbocycles. The molecule has 0 spiro atoms. The molecule has 2 heterocycles. The number of hydrogen-bond donors (Lipinski definition) is 0. The Bertz CT molecular complexity index is 249. The first kappa shape index (κ1) is 9.39. The summed E-state index contributed by atoms with van der Waals surface area (Å²) >= 11 is 1.68. The summed E-state index contributed by atoms with van der Waals surface area (Å²) in [7, 11) is 0. The van der Waals surface area contributed by atoms with Crippen molar-refractivity contribution in [1.82, 2.24) is 4.90 Å². The van der Waals surface area contributed by atoms with Crippen LogP contribution in [-0.2, 0) is 4.79 Å². The Morgan fingerprint density at radius 1 is 1.73 bits per heavy atom. The van der Waals surface area contributed by atoms with Crippen LogP contribution in [0.4, 0.5) is 0 Å². The van der Waals surface area contributed by atoms with Crippen molar-refractivity contribution >= 4 is 47.2 Å².